The van der Waals surface area contributed by atoms with Gasteiger partial charge < -0.3 is 25.7 Å². The normalized spacial score (nSPS) is 10.1. The number of nitrogens with zero attached hydrogens (tertiary/aromatic N) is 1. The lowest BCUT2D eigenvalue weighted by molar-refractivity contribution is 0.0676. The minimum Gasteiger partial charge on any atom is -0.478 e. The summed E-state index contributed by atoms with van der Waals surface area (Å²) in [7, 11) is 4.99. The molecule has 0 unspecified atom stereocenters. The van der Waals surface area contributed by atoms with Gasteiger partial charge in [0.15, 0.2) is 0 Å². The molecule has 0 bridgehead atoms. The zero-order valence-electron chi connectivity index (χ0n) is 15.4. The Morgan fingerprint density at radius 1 is 0.786 bits per heavy atom. The number of amides is 2. The number of carboxylic acids is 2. The molecule has 0 aliphatic rings. The predicted octanol–water partition coefficient (Wildman–Crippen LogP) is 1.76. The van der Waals surface area contributed by atoms with Gasteiger partial charge >= 0.3 is 11.9 Å². The van der Waals surface area contributed by atoms with Crippen molar-refractivity contribution in [2.45, 2.75) is 0 Å². The first-order valence-electron chi connectivity index (χ1n) is 8.11. The van der Waals surface area contributed by atoms with E-state index in [1.165, 1.54) is 7.05 Å². The van der Waals surface area contributed by atoms with Gasteiger partial charge in [0.25, 0.3) is 11.8 Å². The molecular formula is C19H19N3O6. The summed E-state index contributed by atoms with van der Waals surface area (Å²) >= 11 is 0. The molecular weight excluding hydrogens is 366 g/mol. The number of carbonyl (C=O) groups is 4. The van der Waals surface area contributed by atoms with Gasteiger partial charge in [0.2, 0.25) is 0 Å². The van der Waals surface area contributed by atoms with Crippen LogP contribution in [0.2, 0.25) is 0 Å². The number of hydrogen-bond acceptors (Lipinski definition) is 5. The van der Waals surface area contributed by atoms with Crippen LogP contribution in [0.15, 0.2) is 36.4 Å². The largest absolute Gasteiger partial charge is 0.478 e. The number of benzene rings is 2. The van der Waals surface area contributed by atoms with Crippen LogP contribution in [-0.4, -0.2) is 55.1 Å². The van der Waals surface area contributed by atoms with Crippen molar-refractivity contribution < 1.29 is 29.4 Å². The quantitative estimate of drug-likeness (QED) is 0.595. The number of anilines is 2. The fourth-order valence-electron chi connectivity index (χ4n) is 2.51. The maximum Gasteiger partial charge on any atom is 0.336 e. The van der Waals surface area contributed by atoms with E-state index in [-0.39, 0.29) is 11.1 Å². The summed E-state index contributed by atoms with van der Waals surface area (Å²) in [6, 6.07) is 8.54. The van der Waals surface area contributed by atoms with Crippen LogP contribution < -0.4 is 15.5 Å². The molecule has 2 rings (SSSR count). The molecule has 0 radical (unpaired) electrons. The average molecular weight is 385 g/mol. The third-order valence-corrected chi connectivity index (χ3v) is 3.98. The summed E-state index contributed by atoms with van der Waals surface area (Å²) in [6.45, 7) is 0. The molecule has 0 saturated carbocycles. The number of aromatic carboxylic acids is 2. The highest BCUT2D eigenvalue weighted by molar-refractivity contribution is 6.14. The van der Waals surface area contributed by atoms with Crippen molar-refractivity contribution in [2.24, 2.45) is 0 Å². The smallest absolute Gasteiger partial charge is 0.336 e. The zero-order chi connectivity index (χ0) is 21.0. The van der Waals surface area contributed by atoms with Crippen LogP contribution in [0, 0.1) is 0 Å². The second kappa shape index (κ2) is 8.21. The Morgan fingerprint density at radius 2 is 1.25 bits per heavy atom. The molecule has 9 heteroatoms. The maximum absolute atomic E-state index is 12.6. The second-order valence-corrected chi connectivity index (χ2v) is 6.03. The van der Waals surface area contributed by atoms with Crippen LogP contribution in [-0.2, 0) is 0 Å². The lowest BCUT2D eigenvalue weighted by Gasteiger charge is -2.14. The molecule has 2 amide bonds. The van der Waals surface area contributed by atoms with Crippen LogP contribution in [0.1, 0.15) is 41.4 Å². The van der Waals surface area contributed by atoms with E-state index in [1.54, 1.807) is 24.3 Å². The van der Waals surface area contributed by atoms with Gasteiger partial charge in [0.1, 0.15) is 0 Å². The molecule has 0 spiro atoms. The van der Waals surface area contributed by atoms with E-state index in [9.17, 15) is 29.4 Å². The molecule has 0 aromatic heterocycles. The first-order chi connectivity index (χ1) is 13.1. The Hall–Kier alpha value is -3.88. The number of carbonyl (C=O) groups excluding carboxylic acids is 2. The van der Waals surface area contributed by atoms with Crippen molar-refractivity contribution in [1.82, 2.24) is 5.32 Å². The van der Waals surface area contributed by atoms with E-state index in [4.69, 9.17) is 0 Å². The predicted molar refractivity (Wildman–Crippen MR) is 102 cm³/mol. The van der Waals surface area contributed by atoms with E-state index in [0.29, 0.717) is 5.69 Å². The molecule has 4 N–H and O–H groups in total. The maximum atomic E-state index is 12.6. The van der Waals surface area contributed by atoms with E-state index in [1.807, 2.05) is 19.0 Å². The van der Waals surface area contributed by atoms with Crippen LogP contribution in [0.25, 0.3) is 0 Å². The summed E-state index contributed by atoms with van der Waals surface area (Å²) < 4.78 is 0. The minimum atomic E-state index is -1.46. The van der Waals surface area contributed by atoms with Gasteiger partial charge in [-0.05, 0) is 36.4 Å². The molecule has 0 aliphatic carbocycles. The fourth-order valence-corrected chi connectivity index (χ4v) is 2.51. The Balaban J connectivity index is 2.48. The third kappa shape index (κ3) is 4.26. The number of carboxylic acid groups (broad SMARTS) is 2. The van der Waals surface area contributed by atoms with Gasteiger partial charge in [-0.2, -0.15) is 0 Å². The summed E-state index contributed by atoms with van der Waals surface area (Å²) in [4.78, 5) is 49.4. The molecule has 0 saturated heterocycles. The van der Waals surface area contributed by atoms with Crippen LogP contribution >= 0.6 is 0 Å². The molecule has 28 heavy (non-hydrogen) atoms. The lowest BCUT2D eigenvalue weighted by atomic mass is 9.97. The standard InChI is InChI=1S/C19H19N3O6/c1-20-16(23)12-8-15(19(27)28)13(9-14(12)18(25)26)17(24)21-10-4-6-11(7-5-10)22(2)3/h4-9H,1-3H3,(H,20,23)(H,21,24)(H,25,26)(H,27,28). The van der Waals surface area contributed by atoms with Crippen molar-refractivity contribution in [3.63, 3.8) is 0 Å². The van der Waals surface area contributed by atoms with E-state index >= 15 is 0 Å². The topological polar surface area (TPSA) is 136 Å². The summed E-state index contributed by atoms with van der Waals surface area (Å²) in [6.07, 6.45) is 0. The highest BCUT2D eigenvalue weighted by Gasteiger charge is 2.25. The molecule has 0 aliphatic heterocycles. The zero-order valence-corrected chi connectivity index (χ0v) is 15.4. The first kappa shape index (κ1) is 20.4. The monoisotopic (exact) mass is 385 g/mol. The summed E-state index contributed by atoms with van der Waals surface area (Å²) in [5, 5.41) is 23.6. The van der Waals surface area contributed by atoms with Crippen molar-refractivity contribution in [2.75, 3.05) is 31.4 Å². The van der Waals surface area contributed by atoms with Gasteiger partial charge in [-0.25, -0.2) is 9.59 Å². The second-order valence-electron chi connectivity index (χ2n) is 6.03. The van der Waals surface area contributed by atoms with E-state index in [2.05, 4.69) is 10.6 Å². The molecule has 2 aromatic carbocycles. The first-order valence-corrected chi connectivity index (χ1v) is 8.11. The number of hydrogen-bond donors (Lipinski definition) is 4. The van der Waals surface area contributed by atoms with E-state index < -0.39 is 34.9 Å². The van der Waals surface area contributed by atoms with Gasteiger partial charge in [-0.15, -0.1) is 0 Å². The highest BCUT2D eigenvalue weighted by Crippen LogP contribution is 2.21. The van der Waals surface area contributed by atoms with Crippen molar-refractivity contribution in [3.8, 4) is 0 Å². The van der Waals surface area contributed by atoms with Crippen LogP contribution in [0.4, 0.5) is 11.4 Å². The fraction of sp³-hybridized carbons (Fsp3) is 0.158. The molecule has 0 fully saturated rings. The molecule has 0 heterocycles. The highest BCUT2D eigenvalue weighted by atomic mass is 16.4. The van der Waals surface area contributed by atoms with Crippen LogP contribution in [0.3, 0.4) is 0 Å². The van der Waals surface area contributed by atoms with Gasteiger partial charge in [-0.3, -0.25) is 9.59 Å². The minimum absolute atomic E-state index is 0.348. The number of rotatable bonds is 6. The Kier molecular flexibility index (Phi) is 5.99. The van der Waals surface area contributed by atoms with Crippen molar-refractivity contribution in [1.29, 1.82) is 0 Å². The summed E-state index contributed by atoms with van der Waals surface area (Å²) in [5.41, 5.74) is -0.372. The molecule has 2 aromatic rings. The average Bonchev–Trinajstić information content (AvgIpc) is 2.66. The summed E-state index contributed by atoms with van der Waals surface area (Å²) in [5.74, 6) is -4.50. The lowest BCUT2D eigenvalue weighted by Crippen LogP contribution is -2.24. The van der Waals surface area contributed by atoms with Gasteiger partial charge in [-0.1, -0.05) is 0 Å². The molecule has 9 nitrogen and oxygen atoms in total. The SMILES string of the molecule is CNC(=O)c1cc(C(=O)O)c(C(=O)Nc2ccc(N(C)C)cc2)cc1C(=O)O. The van der Waals surface area contributed by atoms with Gasteiger partial charge in [0.05, 0.1) is 22.3 Å². The molecule has 0 atom stereocenters. The van der Waals surface area contributed by atoms with Crippen molar-refractivity contribution in [3.05, 3.63) is 58.7 Å². The Labute approximate surface area is 160 Å². The number of nitrogens with one attached hydrogen (secondary N) is 2. The van der Waals surface area contributed by atoms with E-state index in [0.717, 1.165) is 17.8 Å². The Morgan fingerprint density at radius 3 is 1.64 bits per heavy atom. The van der Waals surface area contributed by atoms with Crippen LogP contribution in [0.5, 0.6) is 0 Å². The molecule has 146 valence electrons. The van der Waals surface area contributed by atoms with Gasteiger partial charge in [0, 0.05) is 32.5 Å². The van der Waals surface area contributed by atoms with Crippen molar-refractivity contribution >= 4 is 35.1 Å². The third-order valence-electron chi connectivity index (χ3n) is 3.98. The Bertz CT molecular complexity index is 951.